The standard InChI is InChI=1S/C19H17BrN4/c1-2-13-6-8-14(9-7-13)17-11-18(15-4-3-5-16(20)10-15)24-19(23-17)21-12-22-24/h3-12,18H,2H2,1H3,(H,21,22,23)/t18-/m1/s1. The molecule has 4 rings (SSSR count). The number of aryl methyl sites for hydroxylation is 1. The number of nitrogens with zero attached hydrogens (tertiary/aromatic N) is 3. The molecule has 24 heavy (non-hydrogen) atoms. The number of anilines is 1. The highest BCUT2D eigenvalue weighted by Crippen LogP contribution is 2.32. The minimum atomic E-state index is 0.0158. The number of hydrogen-bond acceptors (Lipinski definition) is 3. The lowest BCUT2D eigenvalue weighted by atomic mass is 10.0. The van der Waals surface area contributed by atoms with Crippen molar-refractivity contribution in [1.29, 1.82) is 0 Å². The van der Waals surface area contributed by atoms with E-state index in [1.165, 1.54) is 11.1 Å². The second kappa shape index (κ2) is 6.24. The van der Waals surface area contributed by atoms with Crippen LogP contribution in [0, 0.1) is 0 Å². The molecule has 0 radical (unpaired) electrons. The van der Waals surface area contributed by atoms with Crippen molar-refractivity contribution in [3.63, 3.8) is 0 Å². The molecule has 2 heterocycles. The third kappa shape index (κ3) is 2.76. The Labute approximate surface area is 149 Å². The van der Waals surface area contributed by atoms with Crippen LogP contribution < -0.4 is 5.32 Å². The average Bonchev–Trinajstić information content (AvgIpc) is 3.09. The van der Waals surface area contributed by atoms with Gasteiger partial charge in [0.15, 0.2) is 0 Å². The van der Waals surface area contributed by atoms with Crippen molar-refractivity contribution in [3.05, 3.63) is 82.1 Å². The monoisotopic (exact) mass is 380 g/mol. The molecule has 0 unspecified atom stereocenters. The van der Waals surface area contributed by atoms with Crippen LogP contribution in [0.3, 0.4) is 0 Å². The number of nitrogens with one attached hydrogen (secondary N) is 1. The largest absolute Gasteiger partial charge is 0.324 e. The summed E-state index contributed by atoms with van der Waals surface area (Å²) in [7, 11) is 0. The molecule has 1 atom stereocenters. The highest BCUT2D eigenvalue weighted by Gasteiger charge is 2.23. The van der Waals surface area contributed by atoms with Crippen LogP contribution in [-0.4, -0.2) is 14.8 Å². The van der Waals surface area contributed by atoms with Gasteiger partial charge in [-0.3, -0.25) is 0 Å². The second-order valence-electron chi connectivity index (χ2n) is 5.78. The summed E-state index contributed by atoms with van der Waals surface area (Å²) >= 11 is 3.55. The third-order valence-electron chi connectivity index (χ3n) is 4.27. The Balaban J connectivity index is 1.78. The van der Waals surface area contributed by atoms with Crippen LogP contribution in [-0.2, 0) is 6.42 Å². The van der Waals surface area contributed by atoms with Crippen molar-refractivity contribution in [2.75, 3.05) is 5.32 Å². The molecule has 1 N–H and O–H groups in total. The van der Waals surface area contributed by atoms with Crippen LogP contribution in [0.4, 0.5) is 5.95 Å². The molecule has 120 valence electrons. The van der Waals surface area contributed by atoms with Gasteiger partial charge in [0.05, 0.1) is 0 Å². The minimum Gasteiger partial charge on any atom is -0.324 e. The Kier molecular flexibility index (Phi) is 3.94. The van der Waals surface area contributed by atoms with Crippen LogP contribution in [0.15, 0.2) is 65.4 Å². The summed E-state index contributed by atoms with van der Waals surface area (Å²) in [6, 6.07) is 17.0. The molecular formula is C19H17BrN4. The smallest absolute Gasteiger partial charge is 0.226 e. The van der Waals surface area contributed by atoms with E-state index in [9.17, 15) is 0 Å². The first-order chi connectivity index (χ1) is 11.7. The van der Waals surface area contributed by atoms with E-state index in [-0.39, 0.29) is 6.04 Å². The molecule has 1 aliphatic heterocycles. The van der Waals surface area contributed by atoms with E-state index >= 15 is 0 Å². The molecule has 0 aliphatic carbocycles. The molecule has 3 aromatic rings. The summed E-state index contributed by atoms with van der Waals surface area (Å²) in [6.07, 6.45) is 4.83. The number of fused-ring (bicyclic) bond motifs is 1. The van der Waals surface area contributed by atoms with Gasteiger partial charge in [-0.2, -0.15) is 10.1 Å². The Bertz CT molecular complexity index is 896. The molecule has 0 spiro atoms. The first kappa shape index (κ1) is 15.1. The Morgan fingerprint density at radius 3 is 2.75 bits per heavy atom. The highest BCUT2D eigenvalue weighted by atomic mass is 79.9. The molecule has 1 aromatic heterocycles. The van der Waals surface area contributed by atoms with Gasteiger partial charge in [-0.25, -0.2) is 4.68 Å². The van der Waals surface area contributed by atoms with Crippen LogP contribution in [0.1, 0.15) is 29.7 Å². The molecular weight excluding hydrogens is 364 g/mol. The quantitative estimate of drug-likeness (QED) is 0.718. The molecule has 2 aromatic carbocycles. The van der Waals surface area contributed by atoms with Crippen molar-refractivity contribution >= 4 is 27.6 Å². The molecule has 0 saturated carbocycles. The minimum absolute atomic E-state index is 0.0158. The topological polar surface area (TPSA) is 42.7 Å². The number of benzene rings is 2. The van der Waals surface area contributed by atoms with Gasteiger partial charge in [0.1, 0.15) is 12.4 Å². The molecule has 4 nitrogen and oxygen atoms in total. The summed E-state index contributed by atoms with van der Waals surface area (Å²) < 4.78 is 2.97. The van der Waals surface area contributed by atoms with Gasteiger partial charge in [-0.1, -0.05) is 59.3 Å². The molecule has 0 fully saturated rings. The fourth-order valence-corrected chi connectivity index (χ4v) is 3.37. The van der Waals surface area contributed by atoms with E-state index in [0.29, 0.717) is 0 Å². The predicted octanol–water partition coefficient (Wildman–Crippen LogP) is 4.66. The van der Waals surface area contributed by atoms with E-state index in [0.717, 1.165) is 28.1 Å². The van der Waals surface area contributed by atoms with Crippen LogP contribution in [0.2, 0.25) is 0 Å². The van der Waals surface area contributed by atoms with Crippen molar-refractivity contribution in [2.45, 2.75) is 19.4 Å². The Hall–Kier alpha value is -2.40. The highest BCUT2D eigenvalue weighted by molar-refractivity contribution is 9.10. The number of halogens is 1. The van der Waals surface area contributed by atoms with Gasteiger partial charge in [-0.15, -0.1) is 0 Å². The molecule has 0 amide bonds. The zero-order valence-corrected chi connectivity index (χ0v) is 14.9. The third-order valence-corrected chi connectivity index (χ3v) is 4.76. The molecule has 5 heteroatoms. The van der Waals surface area contributed by atoms with E-state index in [1.807, 2.05) is 16.8 Å². The normalized spacial score (nSPS) is 16.2. The Morgan fingerprint density at radius 1 is 1.17 bits per heavy atom. The van der Waals surface area contributed by atoms with Crippen molar-refractivity contribution in [2.24, 2.45) is 0 Å². The summed E-state index contributed by atoms with van der Waals surface area (Å²) in [5.41, 5.74) is 4.71. The maximum absolute atomic E-state index is 4.38. The summed E-state index contributed by atoms with van der Waals surface area (Å²) in [4.78, 5) is 4.35. The summed E-state index contributed by atoms with van der Waals surface area (Å²) in [5, 5.41) is 7.77. The summed E-state index contributed by atoms with van der Waals surface area (Å²) in [6.45, 7) is 2.17. The zero-order valence-electron chi connectivity index (χ0n) is 13.3. The number of hydrogen-bond donors (Lipinski definition) is 1. The zero-order chi connectivity index (χ0) is 16.5. The number of allylic oxidation sites excluding steroid dienone is 1. The van der Waals surface area contributed by atoms with Crippen LogP contribution >= 0.6 is 15.9 Å². The van der Waals surface area contributed by atoms with Gasteiger partial charge >= 0.3 is 0 Å². The lowest BCUT2D eigenvalue weighted by Gasteiger charge is -2.24. The van der Waals surface area contributed by atoms with E-state index < -0.39 is 0 Å². The van der Waals surface area contributed by atoms with E-state index in [1.54, 1.807) is 6.33 Å². The number of rotatable bonds is 3. The van der Waals surface area contributed by atoms with E-state index in [2.05, 4.69) is 80.7 Å². The predicted molar refractivity (Wildman–Crippen MR) is 99.7 cm³/mol. The number of aromatic nitrogens is 3. The SMILES string of the molecule is CCc1ccc(C2=C[C@H](c3cccc(Br)c3)n3ncnc3N2)cc1. The van der Waals surface area contributed by atoms with Gasteiger partial charge < -0.3 is 5.32 Å². The van der Waals surface area contributed by atoms with Gasteiger partial charge in [0.25, 0.3) is 0 Å². The lowest BCUT2D eigenvalue weighted by Crippen LogP contribution is -2.20. The van der Waals surface area contributed by atoms with Crippen molar-refractivity contribution < 1.29 is 0 Å². The van der Waals surface area contributed by atoms with Crippen molar-refractivity contribution in [3.8, 4) is 0 Å². The maximum Gasteiger partial charge on any atom is 0.226 e. The second-order valence-corrected chi connectivity index (χ2v) is 6.70. The molecule has 0 bridgehead atoms. The van der Waals surface area contributed by atoms with Crippen LogP contribution in [0.5, 0.6) is 0 Å². The van der Waals surface area contributed by atoms with Gasteiger partial charge in [0, 0.05) is 10.2 Å². The fraction of sp³-hybridized carbons (Fsp3) is 0.158. The first-order valence-corrected chi connectivity index (χ1v) is 8.77. The van der Waals surface area contributed by atoms with E-state index in [4.69, 9.17) is 0 Å². The van der Waals surface area contributed by atoms with Gasteiger partial charge in [0.2, 0.25) is 5.95 Å². The van der Waals surface area contributed by atoms with Gasteiger partial charge in [-0.05, 0) is 41.3 Å². The molecule has 0 saturated heterocycles. The Morgan fingerprint density at radius 2 is 2.00 bits per heavy atom. The summed E-state index contributed by atoms with van der Waals surface area (Å²) in [5.74, 6) is 0.761. The molecule has 1 aliphatic rings. The van der Waals surface area contributed by atoms with Crippen molar-refractivity contribution in [1.82, 2.24) is 14.8 Å². The first-order valence-electron chi connectivity index (χ1n) is 7.97. The maximum atomic E-state index is 4.38. The average molecular weight is 381 g/mol. The fourth-order valence-electron chi connectivity index (χ4n) is 2.95. The van der Waals surface area contributed by atoms with Crippen LogP contribution in [0.25, 0.3) is 5.70 Å². The lowest BCUT2D eigenvalue weighted by molar-refractivity contribution is 0.611.